The summed E-state index contributed by atoms with van der Waals surface area (Å²) in [5.74, 6) is -0.361. The van der Waals surface area contributed by atoms with Crippen LogP contribution in [0, 0.1) is 0 Å². The molecular formula is C23H17BrN4O. The third-order valence-electron chi connectivity index (χ3n) is 4.35. The van der Waals surface area contributed by atoms with Crippen molar-refractivity contribution < 1.29 is 4.79 Å². The average Bonchev–Trinajstić information content (AvgIpc) is 3.24. The quantitative estimate of drug-likeness (QED) is 0.320. The minimum absolute atomic E-state index is 0.341. The zero-order chi connectivity index (χ0) is 20.1. The number of aromatic nitrogens is 2. The minimum atomic E-state index is -0.361. The highest BCUT2D eigenvalue weighted by Gasteiger charge is 2.12. The number of fused-ring (bicyclic) bond motifs is 1. The maximum atomic E-state index is 12.4. The fraction of sp³-hybridized carbons (Fsp3) is 0. The molecule has 1 heterocycles. The lowest BCUT2D eigenvalue weighted by molar-refractivity contribution is 0.0950. The molecule has 6 heteroatoms. The van der Waals surface area contributed by atoms with Gasteiger partial charge in [0.1, 0.15) is 5.69 Å². The summed E-state index contributed by atoms with van der Waals surface area (Å²) >= 11 is 3.42. The molecule has 0 saturated carbocycles. The maximum absolute atomic E-state index is 12.4. The van der Waals surface area contributed by atoms with Gasteiger partial charge in [0, 0.05) is 10.0 Å². The molecule has 2 N–H and O–H groups in total. The number of halogens is 1. The highest BCUT2D eigenvalue weighted by Crippen LogP contribution is 2.27. The number of nitrogens with zero attached hydrogens (tertiary/aromatic N) is 2. The van der Waals surface area contributed by atoms with Crippen molar-refractivity contribution in [2.45, 2.75) is 0 Å². The highest BCUT2D eigenvalue weighted by molar-refractivity contribution is 9.12. The van der Waals surface area contributed by atoms with Crippen molar-refractivity contribution in [3.8, 4) is 11.3 Å². The number of rotatable bonds is 5. The van der Waals surface area contributed by atoms with E-state index in [4.69, 9.17) is 0 Å². The van der Waals surface area contributed by atoms with Crippen LogP contribution in [0.1, 0.15) is 16.1 Å². The van der Waals surface area contributed by atoms with Crippen molar-refractivity contribution >= 4 is 44.9 Å². The van der Waals surface area contributed by atoms with E-state index in [9.17, 15) is 4.79 Å². The van der Waals surface area contributed by atoms with E-state index in [1.54, 1.807) is 6.07 Å². The van der Waals surface area contributed by atoms with E-state index in [0.717, 1.165) is 26.4 Å². The lowest BCUT2D eigenvalue weighted by Gasteiger charge is -2.02. The maximum Gasteiger partial charge on any atom is 0.289 e. The number of benzene rings is 3. The number of carbonyl (C=O) groups excluding carboxylic acids is 1. The first-order valence-corrected chi connectivity index (χ1v) is 9.79. The van der Waals surface area contributed by atoms with Gasteiger partial charge in [-0.05, 0) is 44.4 Å². The van der Waals surface area contributed by atoms with Crippen LogP contribution in [0.25, 0.3) is 28.1 Å². The molecule has 0 fully saturated rings. The molecule has 0 aliphatic carbocycles. The van der Waals surface area contributed by atoms with Gasteiger partial charge < -0.3 is 0 Å². The largest absolute Gasteiger partial charge is 0.289 e. The number of amides is 1. The Balaban J connectivity index is 1.47. The predicted molar refractivity (Wildman–Crippen MR) is 121 cm³/mol. The molecule has 4 rings (SSSR count). The van der Waals surface area contributed by atoms with Crippen LogP contribution in [0.4, 0.5) is 0 Å². The number of aromatic amines is 1. The van der Waals surface area contributed by atoms with Gasteiger partial charge in [-0.1, -0.05) is 72.8 Å². The molecule has 0 radical (unpaired) electrons. The first-order chi connectivity index (χ1) is 14.2. The highest BCUT2D eigenvalue weighted by atomic mass is 79.9. The van der Waals surface area contributed by atoms with Crippen LogP contribution in [-0.4, -0.2) is 22.3 Å². The molecule has 0 saturated heterocycles. The summed E-state index contributed by atoms with van der Waals surface area (Å²) in [5, 5.41) is 13.3. The van der Waals surface area contributed by atoms with Gasteiger partial charge in [0.25, 0.3) is 5.91 Å². The smallest absolute Gasteiger partial charge is 0.272 e. The van der Waals surface area contributed by atoms with E-state index < -0.39 is 0 Å². The third-order valence-corrected chi connectivity index (χ3v) is 4.78. The molecular weight excluding hydrogens is 428 g/mol. The van der Waals surface area contributed by atoms with E-state index in [1.807, 2.05) is 66.7 Å². The second-order valence-corrected chi connectivity index (χ2v) is 7.25. The molecule has 5 nitrogen and oxygen atoms in total. The van der Waals surface area contributed by atoms with Gasteiger partial charge >= 0.3 is 0 Å². The van der Waals surface area contributed by atoms with Crippen molar-refractivity contribution in [2.75, 3.05) is 0 Å². The van der Waals surface area contributed by atoms with E-state index in [2.05, 4.69) is 48.8 Å². The lowest BCUT2D eigenvalue weighted by Crippen LogP contribution is -2.17. The normalized spacial score (nSPS) is 11.8. The Morgan fingerprint density at radius 3 is 2.62 bits per heavy atom. The van der Waals surface area contributed by atoms with E-state index in [-0.39, 0.29) is 5.91 Å². The van der Waals surface area contributed by atoms with Crippen LogP contribution in [0.15, 0.2) is 88.4 Å². The average molecular weight is 445 g/mol. The van der Waals surface area contributed by atoms with Crippen LogP contribution in [0.5, 0.6) is 0 Å². The third kappa shape index (κ3) is 4.50. The molecule has 3 aromatic carbocycles. The standard InChI is InChI=1S/C23H17BrN4O/c24-18(13-16-7-2-1-3-8-16)15-25-28-23(29)22-14-21(26-27-22)20-12-6-10-17-9-4-5-11-19(17)20/h1-15H,(H,26,27)(H,28,29)/b18-13-,25-15+. The molecule has 1 amide bonds. The van der Waals surface area contributed by atoms with Crippen molar-refractivity contribution in [1.82, 2.24) is 15.6 Å². The minimum Gasteiger partial charge on any atom is -0.272 e. The Kier molecular flexibility index (Phi) is 5.63. The Labute approximate surface area is 176 Å². The monoisotopic (exact) mass is 444 g/mol. The molecule has 0 aliphatic rings. The van der Waals surface area contributed by atoms with Gasteiger partial charge in [0.2, 0.25) is 0 Å². The van der Waals surface area contributed by atoms with Gasteiger partial charge in [-0.2, -0.15) is 10.2 Å². The molecule has 142 valence electrons. The van der Waals surface area contributed by atoms with Crippen LogP contribution < -0.4 is 5.43 Å². The van der Waals surface area contributed by atoms with Crippen molar-refractivity contribution in [1.29, 1.82) is 0 Å². The number of hydrazone groups is 1. The Bertz CT molecular complexity index is 1210. The van der Waals surface area contributed by atoms with Crippen LogP contribution in [0.3, 0.4) is 0 Å². The summed E-state index contributed by atoms with van der Waals surface area (Å²) in [6.45, 7) is 0. The first-order valence-electron chi connectivity index (χ1n) is 9.00. The topological polar surface area (TPSA) is 70.1 Å². The Morgan fingerprint density at radius 1 is 1.00 bits per heavy atom. The molecule has 0 atom stereocenters. The fourth-order valence-electron chi connectivity index (χ4n) is 2.98. The van der Waals surface area contributed by atoms with E-state index in [0.29, 0.717) is 11.4 Å². The van der Waals surface area contributed by atoms with Crippen LogP contribution >= 0.6 is 15.9 Å². The summed E-state index contributed by atoms with van der Waals surface area (Å²) in [7, 11) is 0. The molecule has 4 aromatic rings. The number of carbonyl (C=O) groups is 1. The van der Waals surface area contributed by atoms with Crippen molar-refractivity contribution in [3.05, 3.63) is 94.6 Å². The molecule has 0 aliphatic heterocycles. The number of hydrogen-bond acceptors (Lipinski definition) is 3. The van der Waals surface area contributed by atoms with Crippen molar-refractivity contribution in [2.24, 2.45) is 5.10 Å². The molecule has 0 bridgehead atoms. The summed E-state index contributed by atoms with van der Waals surface area (Å²) in [5.41, 5.74) is 5.56. The SMILES string of the molecule is O=C(N/N=C/C(Br)=C/c1ccccc1)c1cc(-c2cccc3ccccc23)n[nH]1. The Morgan fingerprint density at radius 2 is 1.76 bits per heavy atom. The summed E-state index contributed by atoms with van der Waals surface area (Å²) in [4.78, 5) is 12.4. The molecule has 29 heavy (non-hydrogen) atoms. The number of allylic oxidation sites excluding steroid dienone is 1. The molecule has 0 unspecified atom stereocenters. The first kappa shape index (κ1) is 18.8. The zero-order valence-electron chi connectivity index (χ0n) is 15.3. The van der Waals surface area contributed by atoms with Gasteiger partial charge in [0.05, 0.1) is 11.9 Å². The van der Waals surface area contributed by atoms with Crippen LogP contribution in [-0.2, 0) is 0 Å². The summed E-state index contributed by atoms with van der Waals surface area (Å²) in [6.07, 6.45) is 3.44. The van der Waals surface area contributed by atoms with Gasteiger partial charge in [-0.25, -0.2) is 5.43 Å². The molecule has 0 spiro atoms. The molecule has 1 aromatic heterocycles. The van der Waals surface area contributed by atoms with E-state index in [1.165, 1.54) is 6.21 Å². The second-order valence-electron chi connectivity index (χ2n) is 6.33. The van der Waals surface area contributed by atoms with Crippen molar-refractivity contribution in [3.63, 3.8) is 0 Å². The zero-order valence-corrected chi connectivity index (χ0v) is 16.9. The number of hydrogen-bond donors (Lipinski definition) is 2. The number of nitrogens with one attached hydrogen (secondary N) is 2. The van der Waals surface area contributed by atoms with Gasteiger partial charge in [0.15, 0.2) is 0 Å². The van der Waals surface area contributed by atoms with Gasteiger partial charge in [-0.3, -0.25) is 9.89 Å². The fourth-order valence-corrected chi connectivity index (χ4v) is 3.35. The summed E-state index contributed by atoms with van der Waals surface area (Å²) in [6, 6.07) is 25.6. The second kappa shape index (κ2) is 8.67. The van der Waals surface area contributed by atoms with E-state index >= 15 is 0 Å². The van der Waals surface area contributed by atoms with Crippen LogP contribution in [0.2, 0.25) is 0 Å². The Hall–Kier alpha value is -3.51. The summed E-state index contributed by atoms with van der Waals surface area (Å²) < 4.78 is 0.741. The van der Waals surface area contributed by atoms with Gasteiger partial charge in [-0.15, -0.1) is 0 Å². The predicted octanol–water partition coefficient (Wildman–Crippen LogP) is 5.38. The number of H-pyrrole nitrogens is 1. The lowest BCUT2D eigenvalue weighted by atomic mass is 10.0.